The summed E-state index contributed by atoms with van der Waals surface area (Å²) in [7, 11) is 1.58. The third-order valence-corrected chi connectivity index (χ3v) is 2.85. The minimum absolute atomic E-state index is 0.317. The molecule has 0 heterocycles. The Morgan fingerprint density at radius 3 is 2.60 bits per heavy atom. The molecule has 0 aliphatic rings. The molecule has 20 heavy (non-hydrogen) atoms. The standard InChI is InChI=1S/C16H18N2O2/c1-4-5-6-7-12(2)13-8-9-14(16(17)20)15(10-13)18(3)11-19/h4-11H,1H2,2-3H3,(H2,17,20)/b6-5-,12-7+. The van der Waals surface area contributed by atoms with Crippen molar-refractivity contribution in [1.29, 1.82) is 0 Å². The van der Waals surface area contributed by atoms with E-state index >= 15 is 0 Å². The number of carbonyl (C=O) groups excluding carboxylic acids is 2. The number of hydrogen-bond donors (Lipinski definition) is 1. The third kappa shape index (κ3) is 3.68. The van der Waals surface area contributed by atoms with Crippen LogP contribution in [0.1, 0.15) is 22.8 Å². The molecule has 1 rings (SSSR count). The molecule has 0 atom stereocenters. The molecule has 0 radical (unpaired) electrons. The van der Waals surface area contributed by atoms with Gasteiger partial charge in [-0.3, -0.25) is 9.59 Å². The summed E-state index contributed by atoms with van der Waals surface area (Å²) < 4.78 is 0. The zero-order chi connectivity index (χ0) is 15.1. The van der Waals surface area contributed by atoms with Crippen molar-refractivity contribution in [2.75, 3.05) is 11.9 Å². The van der Waals surface area contributed by atoms with E-state index in [9.17, 15) is 9.59 Å². The summed E-state index contributed by atoms with van der Waals surface area (Å²) in [5, 5.41) is 0. The average molecular weight is 270 g/mol. The molecule has 2 amide bonds. The van der Waals surface area contributed by atoms with Crippen LogP contribution in [0.5, 0.6) is 0 Å². The van der Waals surface area contributed by atoms with Gasteiger partial charge < -0.3 is 10.6 Å². The summed E-state index contributed by atoms with van der Waals surface area (Å²) in [5.41, 5.74) is 8.03. The van der Waals surface area contributed by atoms with Gasteiger partial charge >= 0.3 is 0 Å². The summed E-state index contributed by atoms with van der Waals surface area (Å²) in [6.07, 6.45) is 7.94. The maximum absolute atomic E-state index is 11.4. The van der Waals surface area contributed by atoms with Crippen LogP contribution in [0, 0.1) is 0 Å². The predicted molar refractivity (Wildman–Crippen MR) is 82.4 cm³/mol. The average Bonchev–Trinajstić information content (AvgIpc) is 2.45. The molecule has 104 valence electrons. The van der Waals surface area contributed by atoms with Crippen LogP contribution < -0.4 is 10.6 Å². The van der Waals surface area contributed by atoms with Crippen LogP contribution in [0.4, 0.5) is 5.69 Å². The molecule has 4 nitrogen and oxygen atoms in total. The van der Waals surface area contributed by atoms with Gasteiger partial charge in [0.25, 0.3) is 5.91 Å². The van der Waals surface area contributed by atoms with E-state index in [1.807, 2.05) is 25.2 Å². The summed E-state index contributed by atoms with van der Waals surface area (Å²) in [4.78, 5) is 23.6. The Bertz CT molecular complexity index is 586. The zero-order valence-electron chi connectivity index (χ0n) is 11.7. The number of hydrogen-bond acceptors (Lipinski definition) is 2. The summed E-state index contributed by atoms with van der Waals surface area (Å²) in [6, 6.07) is 5.19. The fourth-order valence-electron chi connectivity index (χ4n) is 1.71. The number of allylic oxidation sites excluding steroid dienone is 5. The highest BCUT2D eigenvalue weighted by Crippen LogP contribution is 2.24. The van der Waals surface area contributed by atoms with E-state index in [-0.39, 0.29) is 0 Å². The Kier molecular flexibility index (Phi) is 5.47. The molecule has 0 fully saturated rings. The number of benzene rings is 1. The normalized spacial score (nSPS) is 11.4. The van der Waals surface area contributed by atoms with Gasteiger partial charge in [-0.1, -0.05) is 36.9 Å². The highest BCUT2D eigenvalue weighted by atomic mass is 16.1. The van der Waals surface area contributed by atoms with Crippen molar-refractivity contribution in [2.24, 2.45) is 5.73 Å². The maximum Gasteiger partial charge on any atom is 0.250 e. The van der Waals surface area contributed by atoms with E-state index in [0.717, 1.165) is 11.1 Å². The largest absolute Gasteiger partial charge is 0.366 e. The van der Waals surface area contributed by atoms with E-state index in [0.29, 0.717) is 17.7 Å². The van der Waals surface area contributed by atoms with Crippen molar-refractivity contribution >= 4 is 23.6 Å². The minimum atomic E-state index is -0.562. The van der Waals surface area contributed by atoms with Crippen molar-refractivity contribution in [1.82, 2.24) is 0 Å². The topological polar surface area (TPSA) is 63.4 Å². The van der Waals surface area contributed by atoms with Crippen LogP contribution in [0.2, 0.25) is 0 Å². The molecule has 0 spiro atoms. The first-order valence-corrected chi connectivity index (χ1v) is 6.09. The number of nitrogens with two attached hydrogens (primary N) is 1. The van der Waals surface area contributed by atoms with E-state index in [4.69, 9.17) is 5.73 Å². The van der Waals surface area contributed by atoms with Gasteiger partial charge in [-0.25, -0.2) is 0 Å². The molecule has 0 aliphatic heterocycles. The smallest absolute Gasteiger partial charge is 0.250 e. The van der Waals surface area contributed by atoms with Crippen molar-refractivity contribution in [3.05, 3.63) is 60.2 Å². The molecular formula is C16H18N2O2. The molecule has 0 saturated carbocycles. The van der Waals surface area contributed by atoms with Crippen LogP contribution in [-0.2, 0) is 4.79 Å². The minimum Gasteiger partial charge on any atom is -0.366 e. The van der Waals surface area contributed by atoms with Gasteiger partial charge in [-0.2, -0.15) is 0 Å². The lowest BCUT2D eigenvalue weighted by Crippen LogP contribution is -2.21. The Morgan fingerprint density at radius 2 is 2.05 bits per heavy atom. The Hall–Kier alpha value is -2.62. The Balaban J connectivity index is 3.28. The van der Waals surface area contributed by atoms with Gasteiger partial charge in [0, 0.05) is 7.05 Å². The highest BCUT2D eigenvalue weighted by molar-refractivity contribution is 6.01. The summed E-state index contributed by atoms with van der Waals surface area (Å²) in [5.74, 6) is -0.562. The first kappa shape index (κ1) is 15.4. The summed E-state index contributed by atoms with van der Waals surface area (Å²) >= 11 is 0. The first-order chi connectivity index (χ1) is 9.51. The van der Waals surface area contributed by atoms with E-state index in [2.05, 4.69) is 6.58 Å². The van der Waals surface area contributed by atoms with Gasteiger partial charge in [0.2, 0.25) is 6.41 Å². The number of carbonyl (C=O) groups is 2. The van der Waals surface area contributed by atoms with Crippen molar-refractivity contribution < 1.29 is 9.59 Å². The van der Waals surface area contributed by atoms with E-state index in [1.165, 1.54) is 4.90 Å². The molecule has 0 unspecified atom stereocenters. The second-order valence-corrected chi connectivity index (χ2v) is 4.28. The second kappa shape index (κ2) is 7.09. The summed E-state index contributed by atoms with van der Waals surface area (Å²) in [6.45, 7) is 5.54. The lowest BCUT2D eigenvalue weighted by atomic mass is 10.0. The molecule has 1 aromatic rings. The molecule has 0 aromatic heterocycles. The quantitative estimate of drug-likeness (QED) is 0.637. The number of primary amides is 1. The fraction of sp³-hybridized carbons (Fsp3) is 0.125. The van der Waals surface area contributed by atoms with Crippen LogP contribution >= 0.6 is 0 Å². The van der Waals surface area contributed by atoms with E-state index < -0.39 is 5.91 Å². The first-order valence-electron chi connectivity index (χ1n) is 6.09. The maximum atomic E-state index is 11.4. The van der Waals surface area contributed by atoms with Crippen molar-refractivity contribution in [3.63, 3.8) is 0 Å². The molecule has 0 saturated heterocycles. The van der Waals surface area contributed by atoms with Crippen LogP contribution in [-0.4, -0.2) is 19.4 Å². The number of nitrogens with zero attached hydrogens (tertiary/aromatic N) is 1. The predicted octanol–water partition coefficient (Wildman–Crippen LogP) is 2.52. The van der Waals surface area contributed by atoms with Crippen molar-refractivity contribution in [3.8, 4) is 0 Å². The van der Waals surface area contributed by atoms with Gasteiger partial charge in [0.15, 0.2) is 0 Å². The van der Waals surface area contributed by atoms with Crippen LogP contribution in [0.15, 0.2) is 49.1 Å². The molecule has 2 N–H and O–H groups in total. The van der Waals surface area contributed by atoms with E-state index in [1.54, 1.807) is 31.3 Å². The Morgan fingerprint density at radius 1 is 1.35 bits per heavy atom. The van der Waals surface area contributed by atoms with Gasteiger partial charge in [0.1, 0.15) is 0 Å². The SMILES string of the molecule is C=C/C=C\C=C(/C)c1ccc(C(N)=O)c(N(C)C=O)c1. The number of amides is 2. The molecule has 1 aromatic carbocycles. The number of anilines is 1. The second-order valence-electron chi connectivity index (χ2n) is 4.28. The Labute approximate surface area is 118 Å². The number of rotatable bonds is 6. The highest BCUT2D eigenvalue weighted by Gasteiger charge is 2.12. The van der Waals surface area contributed by atoms with Crippen LogP contribution in [0.3, 0.4) is 0 Å². The van der Waals surface area contributed by atoms with Gasteiger partial charge in [0.05, 0.1) is 11.3 Å². The van der Waals surface area contributed by atoms with Crippen molar-refractivity contribution in [2.45, 2.75) is 6.92 Å². The third-order valence-electron chi connectivity index (χ3n) is 2.85. The molecule has 4 heteroatoms. The van der Waals surface area contributed by atoms with Crippen LogP contribution in [0.25, 0.3) is 5.57 Å². The molecule has 0 aliphatic carbocycles. The van der Waals surface area contributed by atoms with Gasteiger partial charge in [-0.05, 0) is 30.2 Å². The lowest BCUT2D eigenvalue weighted by molar-refractivity contribution is -0.107. The zero-order valence-corrected chi connectivity index (χ0v) is 11.7. The monoisotopic (exact) mass is 270 g/mol. The molecule has 0 bridgehead atoms. The van der Waals surface area contributed by atoms with Gasteiger partial charge in [-0.15, -0.1) is 0 Å². The molecular weight excluding hydrogens is 252 g/mol. The lowest BCUT2D eigenvalue weighted by Gasteiger charge is -2.16. The fourth-order valence-corrected chi connectivity index (χ4v) is 1.71.